The molecule has 19 heavy (non-hydrogen) atoms. The second-order valence-corrected chi connectivity index (χ2v) is 5.16. The summed E-state index contributed by atoms with van der Waals surface area (Å²) in [5.74, 6) is 1.78. The van der Waals surface area contributed by atoms with Crippen LogP contribution in [0.25, 0.3) is 0 Å². The van der Waals surface area contributed by atoms with Crippen LogP contribution in [0.2, 0.25) is 0 Å². The third-order valence-corrected chi connectivity index (χ3v) is 3.64. The van der Waals surface area contributed by atoms with Gasteiger partial charge < -0.3 is 15.0 Å². The number of rotatable bonds is 6. The summed E-state index contributed by atoms with van der Waals surface area (Å²) in [6.07, 6.45) is 2.44. The summed E-state index contributed by atoms with van der Waals surface area (Å²) < 4.78 is 5.03. The Morgan fingerprint density at radius 3 is 2.74 bits per heavy atom. The summed E-state index contributed by atoms with van der Waals surface area (Å²) in [6.45, 7) is 6.95. The van der Waals surface area contributed by atoms with Crippen LogP contribution in [0.15, 0.2) is 12.1 Å². The van der Waals surface area contributed by atoms with E-state index in [1.165, 1.54) is 12.8 Å². The van der Waals surface area contributed by atoms with Crippen molar-refractivity contribution in [1.82, 2.24) is 15.5 Å². The fourth-order valence-electron chi connectivity index (χ4n) is 2.41. The third kappa shape index (κ3) is 4.44. The van der Waals surface area contributed by atoms with Gasteiger partial charge in [-0.15, -0.1) is 5.10 Å². The lowest BCUT2D eigenvalue weighted by Gasteiger charge is -2.32. The van der Waals surface area contributed by atoms with Crippen LogP contribution in [0, 0.1) is 12.8 Å². The zero-order valence-corrected chi connectivity index (χ0v) is 11.9. The van der Waals surface area contributed by atoms with Gasteiger partial charge in [0.1, 0.15) is 0 Å². The predicted molar refractivity (Wildman–Crippen MR) is 76.5 cm³/mol. The quantitative estimate of drug-likeness (QED) is 0.783. The molecule has 1 aromatic heterocycles. The standard InChI is InChI=1S/C14H24N4O/c1-12-3-4-14(17-16-12)18-8-5-13(6-9-18)11-15-7-10-19-2/h3-4,13,15H,5-11H2,1-2H3. The van der Waals surface area contributed by atoms with E-state index in [-0.39, 0.29) is 0 Å². The summed E-state index contributed by atoms with van der Waals surface area (Å²) in [4.78, 5) is 2.33. The van der Waals surface area contributed by atoms with Crippen molar-refractivity contribution in [3.63, 3.8) is 0 Å². The molecular formula is C14H24N4O. The number of hydrogen-bond donors (Lipinski definition) is 1. The maximum atomic E-state index is 5.03. The van der Waals surface area contributed by atoms with E-state index in [2.05, 4.69) is 26.5 Å². The zero-order chi connectivity index (χ0) is 13.5. The van der Waals surface area contributed by atoms with Gasteiger partial charge in [-0.3, -0.25) is 0 Å². The molecule has 0 atom stereocenters. The summed E-state index contributed by atoms with van der Waals surface area (Å²) in [7, 11) is 1.74. The number of nitrogens with one attached hydrogen (secondary N) is 1. The smallest absolute Gasteiger partial charge is 0.151 e. The van der Waals surface area contributed by atoms with Gasteiger partial charge in [-0.05, 0) is 44.4 Å². The highest BCUT2D eigenvalue weighted by molar-refractivity contribution is 5.37. The van der Waals surface area contributed by atoms with Gasteiger partial charge in [0.2, 0.25) is 0 Å². The molecule has 0 radical (unpaired) electrons. The Labute approximate surface area is 115 Å². The number of hydrogen-bond acceptors (Lipinski definition) is 5. The largest absolute Gasteiger partial charge is 0.383 e. The number of methoxy groups -OCH3 is 1. The molecule has 1 aliphatic rings. The first-order valence-corrected chi connectivity index (χ1v) is 7.04. The van der Waals surface area contributed by atoms with Crippen molar-refractivity contribution in [1.29, 1.82) is 0 Å². The normalized spacial score (nSPS) is 16.8. The Balaban J connectivity index is 1.71. The Morgan fingerprint density at radius 2 is 2.11 bits per heavy atom. The molecule has 5 heteroatoms. The zero-order valence-electron chi connectivity index (χ0n) is 11.9. The van der Waals surface area contributed by atoms with Crippen molar-refractivity contribution in [2.45, 2.75) is 19.8 Å². The first kappa shape index (κ1) is 14.2. The molecule has 0 saturated carbocycles. The van der Waals surface area contributed by atoms with Crippen molar-refractivity contribution in [2.75, 3.05) is 44.8 Å². The van der Waals surface area contributed by atoms with Gasteiger partial charge in [0.05, 0.1) is 12.3 Å². The molecule has 0 aliphatic carbocycles. The molecule has 1 aliphatic heterocycles. The highest BCUT2D eigenvalue weighted by Gasteiger charge is 2.19. The van der Waals surface area contributed by atoms with Gasteiger partial charge in [-0.1, -0.05) is 0 Å². The molecule has 0 unspecified atom stereocenters. The van der Waals surface area contributed by atoms with Crippen molar-refractivity contribution in [3.8, 4) is 0 Å². The number of nitrogens with zero attached hydrogens (tertiary/aromatic N) is 3. The van der Waals surface area contributed by atoms with Gasteiger partial charge in [0.25, 0.3) is 0 Å². The van der Waals surface area contributed by atoms with Crippen LogP contribution in [0.5, 0.6) is 0 Å². The molecule has 0 aromatic carbocycles. The minimum absolute atomic E-state index is 0.770. The van der Waals surface area contributed by atoms with E-state index in [0.29, 0.717) is 0 Å². The number of aromatic nitrogens is 2. The number of ether oxygens (including phenoxy) is 1. The average molecular weight is 264 g/mol. The molecule has 0 amide bonds. The summed E-state index contributed by atoms with van der Waals surface area (Å²) >= 11 is 0. The first-order valence-electron chi connectivity index (χ1n) is 7.04. The van der Waals surface area contributed by atoms with E-state index >= 15 is 0 Å². The molecule has 0 bridgehead atoms. The fourth-order valence-corrected chi connectivity index (χ4v) is 2.41. The monoisotopic (exact) mass is 264 g/mol. The lowest BCUT2D eigenvalue weighted by molar-refractivity contribution is 0.196. The lowest BCUT2D eigenvalue weighted by atomic mass is 9.97. The topological polar surface area (TPSA) is 50.3 Å². The number of anilines is 1. The second-order valence-electron chi connectivity index (χ2n) is 5.16. The van der Waals surface area contributed by atoms with Gasteiger partial charge in [-0.2, -0.15) is 5.10 Å². The maximum absolute atomic E-state index is 5.03. The molecule has 5 nitrogen and oxygen atoms in total. The first-order chi connectivity index (χ1) is 9.29. The summed E-state index contributed by atoms with van der Waals surface area (Å²) in [5.41, 5.74) is 0.973. The minimum atomic E-state index is 0.770. The third-order valence-electron chi connectivity index (χ3n) is 3.64. The van der Waals surface area contributed by atoms with Crippen molar-refractivity contribution in [3.05, 3.63) is 17.8 Å². The lowest BCUT2D eigenvalue weighted by Crippen LogP contribution is -2.38. The molecule has 2 heterocycles. The van der Waals surface area contributed by atoms with Crippen LogP contribution in [0.3, 0.4) is 0 Å². The second kappa shape index (κ2) is 7.40. The molecule has 106 valence electrons. The number of aryl methyl sites for hydroxylation is 1. The molecule has 0 spiro atoms. The molecule has 2 rings (SSSR count). The van der Waals surface area contributed by atoms with Crippen LogP contribution < -0.4 is 10.2 Å². The van der Waals surface area contributed by atoms with Gasteiger partial charge >= 0.3 is 0 Å². The highest BCUT2D eigenvalue weighted by Crippen LogP contribution is 2.20. The average Bonchev–Trinajstić information content (AvgIpc) is 2.45. The Morgan fingerprint density at radius 1 is 1.32 bits per heavy atom. The van der Waals surface area contributed by atoms with E-state index < -0.39 is 0 Å². The van der Waals surface area contributed by atoms with E-state index in [4.69, 9.17) is 4.74 Å². The minimum Gasteiger partial charge on any atom is -0.383 e. The summed E-state index contributed by atoms with van der Waals surface area (Å²) in [5, 5.41) is 11.8. The Hall–Kier alpha value is -1.20. The van der Waals surface area contributed by atoms with E-state index in [1.54, 1.807) is 7.11 Å². The van der Waals surface area contributed by atoms with Crippen LogP contribution >= 0.6 is 0 Å². The summed E-state index contributed by atoms with van der Waals surface area (Å²) in [6, 6.07) is 4.10. The van der Waals surface area contributed by atoms with E-state index in [0.717, 1.165) is 50.2 Å². The number of piperidine rings is 1. The van der Waals surface area contributed by atoms with E-state index in [9.17, 15) is 0 Å². The highest BCUT2D eigenvalue weighted by atomic mass is 16.5. The Kier molecular flexibility index (Phi) is 5.54. The molecule has 1 aromatic rings. The van der Waals surface area contributed by atoms with Crippen molar-refractivity contribution >= 4 is 5.82 Å². The molecule has 1 saturated heterocycles. The van der Waals surface area contributed by atoms with Crippen LogP contribution in [0.4, 0.5) is 5.82 Å². The predicted octanol–water partition coefficient (Wildman–Crippen LogP) is 1.24. The van der Waals surface area contributed by atoms with Gasteiger partial charge in [-0.25, -0.2) is 0 Å². The molecule has 1 N–H and O–H groups in total. The Bertz CT molecular complexity index is 360. The van der Waals surface area contributed by atoms with Crippen molar-refractivity contribution < 1.29 is 4.74 Å². The van der Waals surface area contributed by atoms with Crippen LogP contribution in [-0.4, -0.2) is 50.1 Å². The van der Waals surface area contributed by atoms with Gasteiger partial charge in [0.15, 0.2) is 5.82 Å². The van der Waals surface area contributed by atoms with Crippen LogP contribution in [0.1, 0.15) is 18.5 Å². The SMILES string of the molecule is COCCNCC1CCN(c2ccc(C)nn2)CC1. The van der Waals surface area contributed by atoms with E-state index in [1.807, 2.05) is 13.0 Å². The van der Waals surface area contributed by atoms with Crippen LogP contribution in [-0.2, 0) is 4.74 Å². The van der Waals surface area contributed by atoms with Crippen molar-refractivity contribution in [2.24, 2.45) is 5.92 Å². The fraction of sp³-hybridized carbons (Fsp3) is 0.714. The van der Waals surface area contributed by atoms with Gasteiger partial charge in [0, 0.05) is 26.7 Å². The molecular weight excluding hydrogens is 240 g/mol. The maximum Gasteiger partial charge on any atom is 0.151 e. The molecule has 1 fully saturated rings.